The molecule has 2 rings (SSSR count). The number of methoxy groups -OCH3 is 1. The Kier molecular flexibility index (Phi) is 5.74. The third-order valence-corrected chi connectivity index (χ3v) is 3.67. The Bertz CT molecular complexity index is 503. The Hall–Kier alpha value is -2.12. The standard InChI is InChI=1S/C14H23N5O3/c1-18(10-7-11(20)21)12-15-13(17-14(16-12)22-2)19-8-5-3-4-6-9-19/h3-10H2,1-2H3,(H,20,21). The van der Waals surface area contributed by atoms with Crippen LogP contribution in [0.3, 0.4) is 0 Å². The van der Waals surface area contributed by atoms with Crippen molar-refractivity contribution in [3.05, 3.63) is 0 Å². The van der Waals surface area contributed by atoms with Crippen LogP contribution in [0.15, 0.2) is 0 Å². The maximum absolute atomic E-state index is 10.7. The van der Waals surface area contributed by atoms with Crippen molar-refractivity contribution >= 4 is 17.9 Å². The van der Waals surface area contributed by atoms with Crippen LogP contribution >= 0.6 is 0 Å². The van der Waals surface area contributed by atoms with E-state index in [0.29, 0.717) is 18.4 Å². The summed E-state index contributed by atoms with van der Waals surface area (Å²) in [6.07, 6.45) is 4.73. The van der Waals surface area contributed by atoms with Gasteiger partial charge in [0.05, 0.1) is 13.5 Å². The third-order valence-electron chi connectivity index (χ3n) is 3.67. The first kappa shape index (κ1) is 16.3. The number of nitrogens with zero attached hydrogens (tertiary/aromatic N) is 5. The van der Waals surface area contributed by atoms with Crippen LogP contribution in [0.5, 0.6) is 6.01 Å². The Morgan fingerprint density at radius 3 is 2.50 bits per heavy atom. The molecule has 0 atom stereocenters. The average Bonchev–Trinajstić information content (AvgIpc) is 2.81. The van der Waals surface area contributed by atoms with Crippen LogP contribution in [0, 0.1) is 0 Å². The van der Waals surface area contributed by atoms with E-state index < -0.39 is 5.97 Å². The zero-order chi connectivity index (χ0) is 15.9. The SMILES string of the molecule is COc1nc(N(C)CCC(=O)O)nc(N2CCCCCC2)n1. The number of aromatic nitrogens is 3. The van der Waals surface area contributed by atoms with E-state index in [1.165, 1.54) is 20.0 Å². The molecule has 2 heterocycles. The maximum Gasteiger partial charge on any atom is 0.322 e. The number of rotatable bonds is 6. The number of carboxylic acids is 1. The van der Waals surface area contributed by atoms with Crippen molar-refractivity contribution in [1.29, 1.82) is 0 Å². The van der Waals surface area contributed by atoms with Gasteiger partial charge in [-0.2, -0.15) is 15.0 Å². The van der Waals surface area contributed by atoms with Crippen molar-refractivity contribution in [2.24, 2.45) is 0 Å². The fraction of sp³-hybridized carbons (Fsp3) is 0.714. The highest BCUT2D eigenvalue weighted by atomic mass is 16.5. The molecule has 122 valence electrons. The molecule has 8 heteroatoms. The highest BCUT2D eigenvalue weighted by molar-refractivity contribution is 5.67. The minimum absolute atomic E-state index is 0.0313. The normalized spacial score (nSPS) is 15.3. The number of hydrogen-bond donors (Lipinski definition) is 1. The largest absolute Gasteiger partial charge is 0.481 e. The topological polar surface area (TPSA) is 91.7 Å². The molecule has 0 spiro atoms. The van der Waals surface area contributed by atoms with Gasteiger partial charge in [0.15, 0.2) is 0 Å². The minimum Gasteiger partial charge on any atom is -0.481 e. The smallest absolute Gasteiger partial charge is 0.322 e. The van der Waals surface area contributed by atoms with Gasteiger partial charge in [-0.25, -0.2) is 0 Å². The molecule has 0 radical (unpaired) electrons. The summed E-state index contributed by atoms with van der Waals surface area (Å²) in [5.74, 6) is 0.193. The van der Waals surface area contributed by atoms with E-state index in [2.05, 4.69) is 19.9 Å². The van der Waals surface area contributed by atoms with Gasteiger partial charge in [0.1, 0.15) is 0 Å². The van der Waals surface area contributed by atoms with Crippen molar-refractivity contribution in [2.45, 2.75) is 32.1 Å². The molecule has 22 heavy (non-hydrogen) atoms. The van der Waals surface area contributed by atoms with Crippen LogP contribution in [-0.2, 0) is 4.79 Å². The van der Waals surface area contributed by atoms with Gasteiger partial charge < -0.3 is 19.6 Å². The molecular weight excluding hydrogens is 286 g/mol. The first-order valence-electron chi connectivity index (χ1n) is 7.58. The molecule has 1 N–H and O–H groups in total. The molecule has 1 aliphatic heterocycles. The van der Waals surface area contributed by atoms with Crippen LogP contribution in [0.25, 0.3) is 0 Å². The van der Waals surface area contributed by atoms with Crippen LogP contribution in [0.2, 0.25) is 0 Å². The molecule has 1 fully saturated rings. The van der Waals surface area contributed by atoms with Crippen LogP contribution in [-0.4, -0.2) is 59.8 Å². The first-order valence-corrected chi connectivity index (χ1v) is 7.58. The number of carbonyl (C=O) groups is 1. The number of aliphatic carboxylic acids is 1. The van der Waals surface area contributed by atoms with E-state index >= 15 is 0 Å². The molecule has 1 saturated heterocycles. The maximum atomic E-state index is 10.7. The summed E-state index contributed by atoms with van der Waals surface area (Å²) >= 11 is 0. The van der Waals surface area contributed by atoms with E-state index in [1.807, 2.05) is 0 Å². The quantitative estimate of drug-likeness (QED) is 0.837. The van der Waals surface area contributed by atoms with E-state index in [0.717, 1.165) is 25.9 Å². The lowest BCUT2D eigenvalue weighted by atomic mass is 10.2. The zero-order valence-electron chi connectivity index (χ0n) is 13.2. The van der Waals surface area contributed by atoms with E-state index in [9.17, 15) is 4.79 Å². The molecule has 0 amide bonds. The third kappa shape index (κ3) is 4.44. The Balaban J connectivity index is 2.19. The number of hydrogen-bond acceptors (Lipinski definition) is 7. The van der Waals surface area contributed by atoms with Crippen molar-refractivity contribution < 1.29 is 14.6 Å². The van der Waals surface area contributed by atoms with Gasteiger partial charge in [-0.3, -0.25) is 4.79 Å². The molecule has 0 bridgehead atoms. The van der Waals surface area contributed by atoms with Crippen LogP contribution < -0.4 is 14.5 Å². The number of carboxylic acid groups (broad SMARTS) is 1. The van der Waals surface area contributed by atoms with Crippen molar-refractivity contribution in [3.63, 3.8) is 0 Å². The van der Waals surface area contributed by atoms with Crippen molar-refractivity contribution in [2.75, 3.05) is 43.6 Å². The molecule has 0 aromatic carbocycles. The fourth-order valence-corrected chi connectivity index (χ4v) is 2.37. The lowest BCUT2D eigenvalue weighted by Crippen LogP contribution is -2.29. The van der Waals surface area contributed by atoms with Gasteiger partial charge in [-0.15, -0.1) is 0 Å². The summed E-state index contributed by atoms with van der Waals surface area (Å²) in [4.78, 5) is 27.6. The number of anilines is 2. The molecule has 1 aliphatic rings. The van der Waals surface area contributed by atoms with Gasteiger partial charge in [0.25, 0.3) is 0 Å². The monoisotopic (exact) mass is 309 g/mol. The lowest BCUT2D eigenvalue weighted by Gasteiger charge is -2.22. The van der Waals surface area contributed by atoms with E-state index in [-0.39, 0.29) is 12.4 Å². The summed E-state index contributed by atoms with van der Waals surface area (Å²) in [6.45, 7) is 2.18. The summed E-state index contributed by atoms with van der Waals surface area (Å²) in [7, 11) is 3.28. The zero-order valence-corrected chi connectivity index (χ0v) is 13.2. The second kappa shape index (κ2) is 7.77. The molecule has 1 aromatic heterocycles. The molecule has 0 saturated carbocycles. The van der Waals surface area contributed by atoms with Gasteiger partial charge in [-0.1, -0.05) is 12.8 Å². The molecule has 0 unspecified atom stereocenters. The molecule has 0 aliphatic carbocycles. The first-order chi connectivity index (χ1) is 10.6. The highest BCUT2D eigenvalue weighted by Crippen LogP contribution is 2.20. The summed E-state index contributed by atoms with van der Waals surface area (Å²) in [6, 6.07) is 0.256. The Labute approximate surface area is 130 Å². The van der Waals surface area contributed by atoms with E-state index in [4.69, 9.17) is 9.84 Å². The summed E-state index contributed by atoms with van der Waals surface area (Å²) < 4.78 is 5.16. The second-order valence-electron chi connectivity index (χ2n) is 5.39. The predicted octanol–water partition coefficient (Wildman–Crippen LogP) is 1.17. The second-order valence-corrected chi connectivity index (χ2v) is 5.39. The molecular formula is C14H23N5O3. The highest BCUT2D eigenvalue weighted by Gasteiger charge is 2.17. The van der Waals surface area contributed by atoms with Gasteiger partial charge >= 0.3 is 12.0 Å². The average molecular weight is 309 g/mol. The van der Waals surface area contributed by atoms with Gasteiger partial charge in [0.2, 0.25) is 11.9 Å². The number of ether oxygens (including phenoxy) is 1. The van der Waals surface area contributed by atoms with Crippen molar-refractivity contribution in [3.8, 4) is 6.01 Å². The Morgan fingerprint density at radius 2 is 1.91 bits per heavy atom. The van der Waals surface area contributed by atoms with Crippen molar-refractivity contribution in [1.82, 2.24) is 15.0 Å². The van der Waals surface area contributed by atoms with Crippen LogP contribution in [0.4, 0.5) is 11.9 Å². The summed E-state index contributed by atoms with van der Waals surface area (Å²) in [5.41, 5.74) is 0. The Morgan fingerprint density at radius 1 is 1.23 bits per heavy atom. The lowest BCUT2D eigenvalue weighted by molar-refractivity contribution is -0.136. The summed E-state index contributed by atoms with van der Waals surface area (Å²) in [5, 5.41) is 8.79. The fourth-order valence-electron chi connectivity index (χ4n) is 2.37. The van der Waals surface area contributed by atoms with Gasteiger partial charge in [-0.05, 0) is 12.8 Å². The van der Waals surface area contributed by atoms with Crippen LogP contribution in [0.1, 0.15) is 32.1 Å². The van der Waals surface area contributed by atoms with Gasteiger partial charge in [0, 0.05) is 26.7 Å². The van der Waals surface area contributed by atoms with E-state index in [1.54, 1.807) is 11.9 Å². The predicted molar refractivity (Wildman–Crippen MR) is 82.6 cm³/mol. The molecule has 1 aromatic rings. The molecule has 8 nitrogen and oxygen atoms in total. The minimum atomic E-state index is -0.847.